The van der Waals surface area contributed by atoms with Crippen LogP contribution in [-0.2, 0) is 9.47 Å². The zero-order valence-electron chi connectivity index (χ0n) is 17.9. The quantitative estimate of drug-likeness (QED) is 0.620. The van der Waals surface area contributed by atoms with Crippen molar-refractivity contribution in [2.75, 3.05) is 19.8 Å². The van der Waals surface area contributed by atoms with E-state index >= 15 is 0 Å². The van der Waals surface area contributed by atoms with E-state index in [9.17, 15) is 13.6 Å². The van der Waals surface area contributed by atoms with Gasteiger partial charge >= 0.3 is 0 Å². The zero-order chi connectivity index (χ0) is 22.4. The van der Waals surface area contributed by atoms with Crippen LogP contribution >= 0.6 is 0 Å². The minimum absolute atomic E-state index is 0.0406. The Morgan fingerprint density at radius 1 is 1.12 bits per heavy atom. The number of aryl methyl sites for hydroxylation is 1. The first-order valence-corrected chi connectivity index (χ1v) is 10.7. The highest BCUT2D eigenvalue weighted by Gasteiger charge is 2.28. The second kappa shape index (κ2) is 8.18. The Morgan fingerprint density at radius 2 is 1.97 bits per heavy atom. The monoisotopic (exact) mass is 439 g/mol. The third-order valence-electron chi connectivity index (χ3n) is 6.26. The molecule has 3 aromatic rings. The fourth-order valence-electron chi connectivity index (χ4n) is 4.30. The Kier molecular flexibility index (Phi) is 5.35. The Morgan fingerprint density at radius 3 is 2.72 bits per heavy atom. The number of benzene rings is 1. The van der Waals surface area contributed by atoms with Crippen molar-refractivity contribution in [2.24, 2.45) is 5.92 Å². The van der Waals surface area contributed by atoms with Crippen molar-refractivity contribution in [1.82, 2.24) is 14.4 Å². The van der Waals surface area contributed by atoms with E-state index in [4.69, 9.17) is 9.47 Å². The maximum absolute atomic E-state index is 14.8. The number of halogens is 2. The lowest BCUT2D eigenvalue weighted by Crippen LogP contribution is -2.27. The van der Waals surface area contributed by atoms with Gasteiger partial charge in [-0.1, -0.05) is 6.08 Å². The molecule has 1 aromatic carbocycles. The molecule has 2 aliphatic rings. The molecule has 1 unspecified atom stereocenters. The van der Waals surface area contributed by atoms with Gasteiger partial charge in [-0.2, -0.15) is 0 Å². The summed E-state index contributed by atoms with van der Waals surface area (Å²) in [5, 5.41) is 0. The Bertz CT molecular complexity index is 1300. The predicted molar refractivity (Wildman–Crippen MR) is 115 cm³/mol. The fraction of sp³-hybridized carbons (Fsp3) is 0.375. The molecule has 5 rings (SSSR count). The van der Waals surface area contributed by atoms with Crippen molar-refractivity contribution in [3.63, 3.8) is 0 Å². The summed E-state index contributed by atoms with van der Waals surface area (Å²) in [4.78, 5) is 22.3. The van der Waals surface area contributed by atoms with Gasteiger partial charge < -0.3 is 9.47 Å². The van der Waals surface area contributed by atoms with Crippen molar-refractivity contribution in [3.05, 3.63) is 69.3 Å². The number of aromatic nitrogens is 3. The van der Waals surface area contributed by atoms with Gasteiger partial charge in [0.15, 0.2) is 5.82 Å². The average Bonchev–Trinajstić information content (AvgIpc) is 3.32. The highest BCUT2D eigenvalue weighted by Crippen LogP contribution is 2.31. The van der Waals surface area contributed by atoms with Gasteiger partial charge in [-0.05, 0) is 44.4 Å². The molecule has 8 heteroatoms. The molecule has 6 nitrogen and oxygen atoms in total. The van der Waals surface area contributed by atoms with Gasteiger partial charge in [-0.25, -0.2) is 23.1 Å². The van der Waals surface area contributed by atoms with Crippen LogP contribution in [0.25, 0.3) is 22.6 Å². The molecule has 0 bridgehead atoms. The van der Waals surface area contributed by atoms with Crippen LogP contribution in [-0.4, -0.2) is 40.3 Å². The highest BCUT2D eigenvalue weighted by molar-refractivity contribution is 5.70. The molecule has 2 aliphatic heterocycles. The summed E-state index contributed by atoms with van der Waals surface area (Å²) < 4.78 is 41.1. The Labute approximate surface area is 183 Å². The van der Waals surface area contributed by atoms with E-state index in [-0.39, 0.29) is 29.0 Å². The van der Waals surface area contributed by atoms with E-state index in [1.165, 1.54) is 10.5 Å². The molecule has 2 aromatic heterocycles. The smallest absolute Gasteiger partial charge is 0.262 e. The van der Waals surface area contributed by atoms with Crippen LogP contribution in [0.4, 0.5) is 8.78 Å². The summed E-state index contributed by atoms with van der Waals surface area (Å²) in [6.45, 7) is 5.35. The van der Waals surface area contributed by atoms with Crippen molar-refractivity contribution in [2.45, 2.75) is 32.8 Å². The van der Waals surface area contributed by atoms with Gasteiger partial charge in [-0.3, -0.25) is 4.79 Å². The standard InChI is InChI=1S/C24H23F2N3O3/c1-13-14(2)27-22-11-20(15-6-8-32-21(9-15)16-5-7-31-12-16)28-23(29(22)24(13)30)18-4-3-17(25)10-19(18)26/h3-4,9-11,16,21H,5-8,12H2,1-2H3/t16?,21-/m1/s1. The first-order chi connectivity index (χ1) is 15.4. The van der Waals surface area contributed by atoms with Crippen molar-refractivity contribution in [3.8, 4) is 11.4 Å². The molecule has 0 aliphatic carbocycles. The van der Waals surface area contributed by atoms with Crippen LogP contribution in [0.3, 0.4) is 0 Å². The van der Waals surface area contributed by atoms with Crippen LogP contribution in [0.1, 0.15) is 29.8 Å². The van der Waals surface area contributed by atoms with E-state index in [2.05, 4.69) is 9.97 Å². The molecule has 4 heterocycles. The van der Waals surface area contributed by atoms with Crippen LogP contribution in [0.2, 0.25) is 0 Å². The molecule has 0 N–H and O–H groups in total. The average molecular weight is 439 g/mol. The van der Waals surface area contributed by atoms with Gasteiger partial charge in [0.1, 0.15) is 17.3 Å². The summed E-state index contributed by atoms with van der Waals surface area (Å²) in [6, 6.07) is 4.99. The second-order valence-electron chi connectivity index (χ2n) is 8.31. The minimum atomic E-state index is -0.789. The van der Waals surface area contributed by atoms with Gasteiger partial charge in [0.05, 0.1) is 30.6 Å². The topological polar surface area (TPSA) is 65.7 Å². The van der Waals surface area contributed by atoms with Crippen LogP contribution in [0.15, 0.2) is 35.1 Å². The minimum Gasteiger partial charge on any atom is -0.381 e. The van der Waals surface area contributed by atoms with Gasteiger partial charge in [-0.15, -0.1) is 0 Å². The molecule has 1 saturated heterocycles. The molecule has 1 fully saturated rings. The first kappa shape index (κ1) is 20.9. The summed E-state index contributed by atoms with van der Waals surface area (Å²) >= 11 is 0. The maximum Gasteiger partial charge on any atom is 0.262 e. The van der Waals surface area contributed by atoms with E-state index in [0.717, 1.165) is 30.7 Å². The number of hydrogen-bond acceptors (Lipinski definition) is 5. The number of ether oxygens (including phenoxy) is 2. The van der Waals surface area contributed by atoms with E-state index in [0.29, 0.717) is 42.2 Å². The van der Waals surface area contributed by atoms with Crippen molar-refractivity contribution < 1.29 is 18.3 Å². The fourth-order valence-corrected chi connectivity index (χ4v) is 4.30. The van der Waals surface area contributed by atoms with Crippen LogP contribution in [0, 0.1) is 31.4 Å². The number of hydrogen-bond donors (Lipinski definition) is 0. The number of fused-ring (bicyclic) bond motifs is 1. The van der Waals surface area contributed by atoms with Gasteiger partial charge in [0.25, 0.3) is 5.56 Å². The summed E-state index contributed by atoms with van der Waals surface area (Å²) in [6.07, 6.45) is 3.53. The third kappa shape index (κ3) is 3.63. The molecule has 0 spiro atoms. The molecule has 0 amide bonds. The summed E-state index contributed by atoms with van der Waals surface area (Å²) in [5.74, 6) is -1.10. The SMILES string of the molecule is Cc1nc2cc(C3=C[C@H](C4CCOC4)OCC3)nc(-c3ccc(F)cc3F)n2c(=O)c1C. The molecule has 166 valence electrons. The molecular formula is C24H23F2N3O3. The normalized spacial score (nSPS) is 21.2. The Balaban J connectivity index is 1.73. The first-order valence-electron chi connectivity index (χ1n) is 10.7. The molecule has 0 saturated carbocycles. The summed E-state index contributed by atoms with van der Waals surface area (Å²) in [5.41, 5.74) is 2.69. The largest absolute Gasteiger partial charge is 0.381 e. The molecule has 2 atom stereocenters. The van der Waals surface area contributed by atoms with Crippen LogP contribution in [0.5, 0.6) is 0 Å². The predicted octanol–water partition coefficient (Wildman–Crippen LogP) is 3.86. The molecular weight excluding hydrogens is 416 g/mol. The summed E-state index contributed by atoms with van der Waals surface area (Å²) in [7, 11) is 0. The lowest BCUT2D eigenvalue weighted by Gasteiger charge is -2.26. The third-order valence-corrected chi connectivity index (χ3v) is 6.26. The van der Waals surface area contributed by atoms with E-state index in [1.807, 2.05) is 6.08 Å². The van der Waals surface area contributed by atoms with E-state index < -0.39 is 11.6 Å². The highest BCUT2D eigenvalue weighted by atomic mass is 19.1. The maximum atomic E-state index is 14.8. The van der Waals surface area contributed by atoms with Gasteiger partial charge in [0.2, 0.25) is 0 Å². The van der Waals surface area contributed by atoms with Crippen molar-refractivity contribution in [1.29, 1.82) is 0 Å². The van der Waals surface area contributed by atoms with E-state index in [1.54, 1.807) is 19.9 Å². The van der Waals surface area contributed by atoms with Gasteiger partial charge in [0, 0.05) is 35.9 Å². The van der Waals surface area contributed by atoms with Crippen molar-refractivity contribution >= 4 is 11.2 Å². The second-order valence-corrected chi connectivity index (χ2v) is 8.31. The number of nitrogens with zero attached hydrogens (tertiary/aromatic N) is 3. The number of rotatable bonds is 3. The lowest BCUT2D eigenvalue weighted by molar-refractivity contribution is 0.0368. The molecule has 0 radical (unpaired) electrons. The zero-order valence-corrected chi connectivity index (χ0v) is 17.9. The van der Waals surface area contributed by atoms with Crippen LogP contribution < -0.4 is 5.56 Å². The molecule has 32 heavy (non-hydrogen) atoms. The Hall–Kier alpha value is -2.97. The lowest BCUT2D eigenvalue weighted by atomic mass is 9.95.